The molecule has 2 aromatic carbocycles. The van der Waals surface area contributed by atoms with Crippen LogP contribution in [0.2, 0.25) is 10.0 Å². The minimum atomic E-state index is -1.08. The van der Waals surface area contributed by atoms with Gasteiger partial charge >= 0.3 is 12.1 Å². The van der Waals surface area contributed by atoms with Gasteiger partial charge in [0.05, 0.1) is 18.7 Å². The van der Waals surface area contributed by atoms with E-state index in [4.69, 9.17) is 32.7 Å². The Labute approximate surface area is 209 Å². The molecule has 0 heterocycles. The molecule has 1 fully saturated rings. The molecular formula is C25H28Cl2N2O5. The van der Waals surface area contributed by atoms with E-state index >= 15 is 0 Å². The molecule has 2 N–H and O–H groups in total. The van der Waals surface area contributed by atoms with Crippen LogP contribution in [-0.4, -0.2) is 30.7 Å². The molecule has 2 atom stereocenters. The molecular weight excluding hydrogens is 479 g/mol. The molecule has 3 rings (SSSR count). The van der Waals surface area contributed by atoms with Crippen LogP contribution in [0.5, 0.6) is 0 Å². The third-order valence-electron chi connectivity index (χ3n) is 5.22. The summed E-state index contributed by atoms with van der Waals surface area (Å²) >= 11 is 12.3. The predicted molar refractivity (Wildman–Crippen MR) is 130 cm³/mol. The zero-order chi connectivity index (χ0) is 25.0. The second-order valence-corrected chi connectivity index (χ2v) is 10.1. The highest BCUT2D eigenvalue weighted by Crippen LogP contribution is 2.41. The van der Waals surface area contributed by atoms with Gasteiger partial charge in [-0.1, -0.05) is 35.3 Å². The van der Waals surface area contributed by atoms with Crippen LogP contribution in [0.25, 0.3) is 0 Å². The molecule has 0 aliphatic heterocycles. The lowest BCUT2D eigenvalue weighted by molar-refractivity contribution is -0.124. The van der Waals surface area contributed by atoms with E-state index < -0.39 is 29.6 Å². The van der Waals surface area contributed by atoms with Crippen molar-refractivity contribution in [2.24, 2.45) is 5.92 Å². The molecule has 0 saturated heterocycles. The largest absolute Gasteiger partial charge is 0.465 e. The average molecular weight is 507 g/mol. The highest BCUT2D eigenvalue weighted by Gasteiger charge is 2.36. The number of nitrogens with one attached hydrogen (secondary N) is 2. The topological polar surface area (TPSA) is 93.7 Å². The van der Waals surface area contributed by atoms with Gasteiger partial charge in [-0.2, -0.15) is 0 Å². The summed E-state index contributed by atoms with van der Waals surface area (Å²) in [5.41, 5.74) is 0.958. The molecule has 2 amide bonds. The molecule has 1 aliphatic rings. The van der Waals surface area contributed by atoms with Crippen molar-refractivity contribution in [1.29, 1.82) is 0 Å². The molecule has 7 nitrogen and oxygen atoms in total. The molecule has 0 aromatic heterocycles. The van der Waals surface area contributed by atoms with Gasteiger partial charge in [0.25, 0.3) is 0 Å². The van der Waals surface area contributed by atoms with Crippen molar-refractivity contribution in [3.8, 4) is 0 Å². The minimum absolute atomic E-state index is 0.248. The normalized spacial score (nSPS) is 15.1. The second kappa shape index (κ2) is 10.7. The van der Waals surface area contributed by atoms with Crippen molar-refractivity contribution in [3.05, 3.63) is 69.2 Å². The van der Waals surface area contributed by atoms with E-state index in [1.54, 1.807) is 63.2 Å². The van der Waals surface area contributed by atoms with Crippen molar-refractivity contribution in [2.45, 2.75) is 51.3 Å². The Morgan fingerprint density at radius 2 is 1.53 bits per heavy atom. The first-order chi connectivity index (χ1) is 16.0. The fourth-order valence-electron chi connectivity index (χ4n) is 3.55. The van der Waals surface area contributed by atoms with Gasteiger partial charge in [0.15, 0.2) is 0 Å². The SMILES string of the molecule is COC(=O)c1ccc([C@H](NC(=O)C(NC(=O)OC(C)(C)C)c2cc(Cl)cc(Cl)c2)C2CC2)cc1. The molecule has 0 bridgehead atoms. The van der Waals surface area contributed by atoms with Gasteiger partial charge in [0.2, 0.25) is 5.91 Å². The summed E-state index contributed by atoms with van der Waals surface area (Å²) in [7, 11) is 1.32. The number of benzene rings is 2. The number of amides is 2. The van der Waals surface area contributed by atoms with Crippen LogP contribution < -0.4 is 10.6 Å². The highest BCUT2D eigenvalue weighted by atomic mass is 35.5. The van der Waals surface area contributed by atoms with Crippen molar-refractivity contribution >= 4 is 41.2 Å². The van der Waals surface area contributed by atoms with Crippen LogP contribution in [0, 0.1) is 5.92 Å². The van der Waals surface area contributed by atoms with Crippen LogP contribution in [0.3, 0.4) is 0 Å². The lowest BCUT2D eigenvalue weighted by Gasteiger charge is -2.26. The van der Waals surface area contributed by atoms with E-state index in [-0.39, 0.29) is 12.0 Å². The maximum Gasteiger partial charge on any atom is 0.408 e. The van der Waals surface area contributed by atoms with Gasteiger partial charge < -0.3 is 20.1 Å². The van der Waals surface area contributed by atoms with Crippen LogP contribution >= 0.6 is 23.2 Å². The molecule has 182 valence electrons. The zero-order valence-electron chi connectivity index (χ0n) is 19.5. The maximum absolute atomic E-state index is 13.5. The van der Waals surface area contributed by atoms with E-state index in [0.29, 0.717) is 21.2 Å². The smallest absolute Gasteiger partial charge is 0.408 e. The van der Waals surface area contributed by atoms with Gasteiger partial charge in [-0.25, -0.2) is 9.59 Å². The molecule has 9 heteroatoms. The first kappa shape index (κ1) is 25.8. The number of rotatable bonds is 7. The van der Waals surface area contributed by atoms with E-state index in [2.05, 4.69) is 10.6 Å². The van der Waals surface area contributed by atoms with Gasteiger partial charge in [0, 0.05) is 10.0 Å². The van der Waals surface area contributed by atoms with E-state index in [0.717, 1.165) is 18.4 Å². The minimum Gasteiger partial charge on any atom is -0.465 e. The van der Waals surface area contributed by atoms with Gasteiger partial charge in [-0.05, 0) is 81.0 Å². The number of carbonyl (C=O) groups excluding carboxylic acids is 3. The third-order valence-corrected chi connectivity index (χ3v) is 5.66. The number of halogens is 2. The molecule has 0 radical (unpaired) electrons. The molecule has 1 aliphatic carbocycles. The summed E-state index contributed by atoms with van der Waals surface area (Å²) in [6, 6.07) is 10.2. The Bertz CT molecular complexity index is 1040. The Hall–Kier alpha value is -2.77. The van der Waals surface area contributed by atoms with Gasteiger partial charge in [-0.15, -0.1) is 0 Å². The van der Waals surface area contributed by atoms with E-state index in [1.807, 2.05) is 0 Å². The van der Waals surface area contributed by atoms with Crippen LogP contribution in [0.15, 0.2) is 42.5 Å². The summed E-state index contributed by atoms with van der Waals surface area (Å²) < 4.78 is 10.1. The third kappa shape index (κ3) is 7.11. The number of alkyl carbamates (subject to hydrolysis) is 1. The zero-order valence-corrected chi connectivity index (χ0v) is 21.0. The maximum atomic E-state index is 13.5. The fourth-order valence-corrected chi connectivity index (χ4v) is 4.09. The van der Waals surface area contributed by atoms with E-state index in [1.165, 1.54) is 7.11 Å². The van der Waals surface area contributed by atoms with Gasteiger partial charge in [-0.3, -0.25) is 4.79 Å². The lowest BCUT2D eigenvalue weighted by atomic mass is 9.99. The summed E-state index contributed by atoms with van der Waals surface area (Å²) in [6.07, 6.45) is 1.17. The van der Waals surface area contributed by atoms with Crippen LogP contribution in [0.4, 0.5) is 4.79 Å². The average Bonchev–Trinajstić information content (AvgIpc) is 3.58. The van der Waals surface area contributed by atoms with Crippen molar-refractivity contribution in [1.82, 2.24) is 10.6 Å². The van der Waals surface area contributed by atoms with Crippen LogP contribution in [-0.2, 0) is 14.3 Å². The quantitative estimate of drug-likeness (QED) is 0.475. The molecule has 1 unspecified atom stereocenters. The fraction of sp³-hybridized carbons (Fsp3) is 0.400. The number of hydrogen-bond donors (Lipinski definition) is 2. The standard InChI is InChI=1S/C25H28Cl2N2O5/c1-25(2,3)34-24(32)29-21(17-11-18(26)13-19(27)12-17)22(30)28-20(14-5-6-14)15-7-9-16(10-8-15)23(31)33-4/h7-14,20-21H,5-6H2,1-4H3,(H,28,30)(H,29,32)/t20-,21?/m1/s1. The molecule has 0 spiro atoms. The van der Waals surface area contributed by atoms with Crippen molar-refractivity contribution in [2.75, 3.05) is 7.11 Å². The summed E-state index contributed by atoms with van der Waals surface area (Å²) in [5, 5.41) is 6.37. The number of methoxy groups -OCH3 is 1. The number of hydrogen-bond acceptors (Lipinski definition) is 5. The number of carbonyl (C=O) groups is 3. The first-order valence-electron chi connectivity index (χ1n) is 10.9. The van der Waals surface area contributed by atoms with Gasteiger partial charge in [0.1, 0.15) is 11.6 Å². The first-order valence-corrected chi connectivity index (χ1v) is 11.7. The predicted octanol–water partition coefficient (Wildman–Crippen LogP) is 5.61. The van der Waals surface area contributed by atoms with Crippen molar-refractivity contribution in [3.63, 3.8) is 0 Å². The monoisotopic (exact) mass is 506 g/mol. The Kier molecular flexibility index (Phi) is 8.10. The summed E-state index contributed by atoms with van der Waals surface area (Å²) in [5.74, 6) is -0.616. The Balaban J connectivity index is 1.86. The molecule has 1 saturated carbocycles. The molecule has 34 heavy (non-hydrogen) atoms. The Morgan fingerprint density at radius 1 is 0.941 bits per heavy atom. The van der Waals surface area contributed by atoms with Crippen molar-refractivity contribution < 1.29 is 23.9 Å². The lowest BCUT2D eigenvalue weighted by Crippen LogP contribution is -2.44. The summed E-state index contributed by atoms with van der Waals surface area (Å²) in [4.78, 5) is 37.7. The van der Waals surface area contributed by atoms with Crippen LogP contribution in [0.1, 0.15) is 67.2 Å². The number of esters is 1. The Morgan fingerprint density at radius 3 is 2.03 bits per heavy atom. The molecule has 2 aromatic rings. The summed E-state index contributed by atoms with van der Waals surface area (Å²) in [6.45, 7) is 5.21. The highest BCUT2D eigenvalue weighted by molar-refractivity contribution is 6.34. The number of ether oxygens (including phenoxy) is 2. The second-order valence-electron chi connectivity index (χ2n) is 9.22. The van der Waals surface area contributed by atoms with E-state index in [9.17, 15) is 14.4 Å².